The van der Waals surface area contributed by atoms with Crippen LogP contribution in [0.5, 0.6) is 0 Å². The van der Waals surface area contributed by atoms with E-state index in [4.69, 9.17) is 0 Å². The van der Waals surface area contributed by atoms with Crippen LogP contribution in [0.25, 0.3) is 0 Å². The lowest BCUT2D eigenvalue weighted by molar-refractivity contribution is 0.0549. The molecule has 0 saturated heterocycles. The average Bonchev–Trinajstić information content (AvgIpc) is 2.82. The molecule has 1 aliphatic rings. The van der Waals surface area contributed by atoms with Gasteiger partial charge < -0.3 is 9.47 Å². The van der Waals surface area contributed by atoms with Crippen molar-refractivity contribution in [2.45, 2.75) is 19.3 Å². The molecule has 0 radical (unpaired) electrons. The van der Waals surface area contributed by atoms with E-state index in [0.717, 1.165) is 30.5 Å². The number of hydrogen-bond acceptors (Lipinski definition) is 5. The molecule has 0 unspecified atom stereocenters. The Kier molecular flexibility index (Phi) is 3.08. The number of hydrogen-bond donors (Lipinski definition) is 0. The average molecular weight is 235 g/mol. The second-order valence-corrected chi connectivity index (χ2v) is 3.83. The van der Waals surface area contributed by atoms with Gasteiger partial charge in [-0.2, -0.15) is 0 Å². The summed E-state index contributed by atoms with van der Waals surface area (Å²) < 4.78 is 9.27. The standard InChI is InChI=1S/C12H13NO4/c1-16-11(14)8-6-7-4-3-5-9(7)13-10(8)12(15)17-2/h6H,3-5H2,1-2H3. The molecule has 2 rings (SSSR count). The zero-order valence-corrected chi connectivity index (χ0v) is 9.78. The highest BCUT2D eigenvalue weighted by Gasteiger charge is 2.24. The summed E-state index contributed by atoms with van der Waals surface area (Å²) in [4.78, 5) is 27.4. The van der Waals surface area contributed by atoms with Crippen molar-refractivity contribution < 1.29 is 19.1 Å². The Morgan fingerprint density at radius 2 is 1.88 bits per heavy atom. The van der Waals surface area contributed by atoms with Crippen molar-refractivity contribution in [3.05, 3.63) is 28.6 Å². The molecule has 1 heterocycles. The maximum atomic E-state index is 11.6. The van der Waals surface area contributed by atoms with Gasteiger partial charge in [0, 0.05) is 5.69 Å². The minimum Gasteiger partial charge on any atom is -0.465 e. The molecule has 1 aromatic rings. The van der Waals surface area contributed by atoms with Crippen molar-refractivity contribution in [2.24, 2.45) is 0 Å². The van der Waals surface area contributed by atoms with Crippen molar-refractivity contribution in [2.75, 3.05) is 14.2 Å². The molecular formula is C12H13NO4. The van der Waals surface area contributed by atoms with E-state index >= 15 is 0 Å². The number of carbonyl (C=O) groups is 2. The van der Waals surface area contributed by atoms with Gasteiger partial charge in [-0.15, -0.1) is 0 Å². The van der Waals surface area contributed by atoms with Crippen molar-refractivity contribution in [3.8, 4) is 0 Å². The number of carbonyl (C=O) groups excluding carboxylic acids is 2. The number of pyridine rings is 1. The molecule has 0 aromatic carbocycles. The first-order valence-electron chi connectivity index (χ1n) is 5.36. The molecule has 0 fully saturated rings. The van der Waals surface area contributed by atoms with Crippen LogP contribution in [0, 0.1) is 0 Å². The third-order valence-electron chi connectivity index (χ3n) is 2.83. The van der Waals surface area contributed by atoms with Crippen molar-refractivity contribution in [3.63, 3.8) is 0 Å². The summed E-state index contributed by atoms with van der Waals surface area (Å²) in [7, 11) is 2.54. The zero-order valence-electron chi connectivity index (χ0n) is 9.78. The lowest BCUT2D eigenvalue weighted by atomic mass is 10.1. The minimum atomic E-state index is -0.611. The van der Waals surface area contributed by atoms with E-state index in [2.05, 4.69) is 14.5 Å². The number of esters is 2. The summed E-state index contributed by atoms with van der Waals surface area (Å²) in [5, 5.41) is 0. The van der Waals surface area contributed by atoms with Gasteiger partial charge >= 0.3 is 11.9 Å². The smallest absolute Gasteiger partial charge is 0.357 e. The summed E-state index contributed by atoms with van der Waals surface area (Å²) in [6, 6.07) is 1.69. The Bertz CT molecular complexity index is 439. The number of fused-ring (bicyclic) bond motifs is 1. The molecule has 0 bridgehead atoms. The molecule has 1 aliphatic carbocycles. The molecule has 0 atom stereocenters. The quantitative estimate of drug-likeness (QED) is 0.719. The molecule has 5 heteroatoms. The SMILES string of the molecule is COC(=O)c1cc2c(nc1C(=O)OC)CCC2. The predicted molar refractivity (Wildman–Crippen MR) is 58.9 cm³/mol. The Labute approximate surface area is 98.7 Å². The van der Waals surface area contributed by atoms with E-state index in [9.17, 15) is 9.59 Å². The molecule has 0 N–H and O–H groups in total. The Hall–Kier alpha value is -1.91. The van der Waals surface area contributed by atoms with E-state index in [1.807, 2.05) is 0 Å². The fourth-order valence-corrected chi connectivity index (χ4v) is 1.99. The molecule has 0 aliphatic heterocycles. The van der Waals surface area contributed by atoms with Crippen LogP contribution in [0.4, 0.5) is 0 Å². The summed E-state index contributed by atoms with van der Waals surface area (Å²) in [5.41, 5.74) is 2.11. The monoisotopic (exact) mass is 235 g/mol. The lowest BCUT2D eigenvalue weighted by Gasteiger charge is -2.08. The predicted octanol–water partition coefficient (Wildman–Crippen LogP) is 1.14. The number of aromatic nitrogens is 1. The lowest BCUT2D eigenvalue weighted by Crippen LogP contribution is -2.15. The van der Waals surface area contributed by atoms with Gasteiger partial charge in [0.15, 0.2) is 5.69 Å². The fourth-order valence-electron chi connectivity index (χ4n) is 1.99. The van der Waals surface area contributed by atoms with E-state index < -0.39 is 11.9 Å². The molecule has 0 saturated carbocycles. The first kappa shape index (κ1) is 11.6. The van der Waals surface area contributed by atoms with Crippen molar-refractivity contribution in [1.29, 1.82) is 0 Å². The third kappa shape index (κ3) is 2.00. The van der Waals surface area contributed by atoms with Gasteiger partial charge in [0.05, 0.1) is 19.8 Å². The van der Waals surface area contributed by atoms with Gasteiger partial charge in [0.1, 0.15) is 0 Å². The van der Waals surface area contributed by atoms with Crippen LogP contribution < -0.4 is 0 Å². The van der Waals surface area contributed by atoms with Gasteiger partial charge in [-0.05, 0) is 30.9 Å². The Morgan fingerprint density at radius 1 is 1.18 bits per heavy atom. The highest BCUT2D eigenvalue weighted by atomic mass is 16.5. The molecule has 17 heavy (non-hydrogen) atoms. The maximum Gasteiger partial charge on any atom is 0.357 e. The van der Waals surface area contributed by atoms with Crippen LogP contribution in [-0.4, -0.2) is 31.1 Å². The van der Waals surface area contributed by atoms with E-state index in [1.54, 1.807) is 6.07 Å². The Morgan fingerprint density at radius 3 is 2.53 bits per heavy atom. The van der Waals surface area contributed by atoms with Crippen LogP contribution in [-0.2, 0) is 22.3 Å². The Balaban J connectivity index is 2.54. The zero-order chi connectivity index (χ0) is 12.4. The normalized spacial score (nSPS) is 13.1. The van der Waals surface area contributed by atoms with Crippen molar-refractivity contribution >= 4 is 11.9 Å². The minimum absolute atomic E-state index is 0.0417. The highest BCUT2D eigenvalue weighted by Crippen LogP contribution is 2.23. The molecule has 1 aromatic heterocycles. The third-order valence-corrected chi connectivity index (χ3v) is 2.83. The number of aryl methyl sites for hydroxylation is 2. The number of nitrogens with zero attached hydrogens (tertiary/aromatic N) is 1. The van der Waals surface area contributed by atoms with Crippen LogP contribution in [0.2, 0.25) is 0 Å². The molecule has 90 valence electrons. The molecular weight excluding hydrogens is 222 g/mol. The van der Waals surface area contributed by atoms with Crippen LogP contribution in [0.15, 0.2) is 6.07 Å². The van der Waals surface area contributed by atoms with E-state index in [1.165, 1.54) is 14.2 Å². The summed E-state index contributed by atoms with van der Waals surface area (Å²) in [6.07, 6.45) is 2.71. The van der Waals surface area contributed by atoms with E-state index in [-0.39, 0.29) is 11.3 Å². The first-order valence-corrected chi connectivity index (χ1v) is 5.36. The highest BCUT2D eigenvalue weighted by molar-refractivity contribution is 6.01. The number of ether oxygens (including phenoxy) is 2. The van der Waals surface area contributed by atoms with Gasteiger partial charge in [-0.1, -0.05) is 0 Å². The second kappa shape index (κ2) is 4.53. The van der Waals surface area contributed by atoms with Gasteiger partial charge in [-0.3, -0.25) is 0 Å². The summed E-state index contributed by atoms with van der Waals surface area (Å²) in [6.45, 7) is 0. The fraction of sp³-hybridized carbons (Fsp3) is 0.417. The number of methoxy groups -OCH3 is 2. The van der Waals surface area contributed by atoms with Crippen LogP contribution in [0.1, 0.15) is 38.5 Å². The molecule has 0 amide bonds. The summed E-state index contributed by atoms with van der Waals surface area (Å²) >= 11 is 0. The largest absolute Gasteiger partial charge is 0.465 e. The van der Waals surface area contributed by atoms with Crippen LogP contribution in [0.3, 0.4) is 0 Å². The van der Waals surface area contributed by atoms with Gasteiger partial charge in [0.25, 0.3) is 0 Å². The maximum absolute atomic E-state index is 11.6. The molecule has 5 nitrogen and oxygen atoms in total. The van der Waals surface area contributed by atoms with Gasteiger partial charge in [0.2, 0.25) is 0 Å². The van der Waals surface area contributed by atoms with Crippen LogP contribution >= 0.6 is 0 Å². The number of rotatable bonds is 2. The van der Waals surface area contributed by atoms with E-state index in [0.29, 0.717) is 0 Å². The van der Waals surface area contributed by atoms with Gasteiger partial charge in [-0.25, -0.2) is 14.6 Å². The van der Waals surface area contributed by atoms with Crippen molar-refractivity contribution in [1.82, 2.24) is 4.98 Å². The second-order valence-electron chi connectivity index (χ2n) is 3.83. The summed E-state index contributed by atoms with van der Waals surface area (Å²) in [5.74, 6) is -1.17. The topological polar surface area (TPSA) is 65.5 Å². The molecule has 0 spiro atoms. The first-order chi connectivity index (χ1) is 8.17.